The fourth-order valence-electron chi connectivity index (χ4n) is 1.31. The summed E-state index contributed by atoms with van der Waals surface area (Å²) < 4.78 is 5.17. The third-order valence-corrected chi connectivity index (χ3v) is 3.41. The van der Waals surface area contributed by atoms with Gasteiger partial charge in [-0.1, -0.05) is 6.07 Å². The number of hydrogen-bond donors (Lipinski definition) is 1. The molecule has 0 aromatic heterocycles. The Bertz CT molecular complexity index is 689. The molecule has 0 aliphatic rings. The highest BCUT2D eigenvalue weighted by Crippen LogP contribution is 2.24. The maximum atomic E-state index is 11.6. The van der Waals surface area contributed by atoms with Gasteiger partial charge in [0.15, 0.2) is 5.57 Å². The van der Waals surface area contributed by atoms with Gasteiger partial charge in [0.05, 0.1) is 21.9 Å². The Labute approximate surface area is 129 Å². The molecular formula is C13H7IN4O2. The number of esters is 1. The maximum absolute atomic E-state index is 11.6. The second-order valence-corrected chi connectivity index (χ2v) is 4.45. The van der Waals surface area contributed by atoms with E-state index in [0.29, 0.717) is 14.8 Å². The summed E-state index contributed by atoms with van der Waals surface area (Å²) in [5.74, 6) is -0.513. The normalized spacial score (nSPS) is 8.55. The van der Waals surface area contributed by atoms with E-state index in [1.807, 2.05) is 22.6 Å². The van der Waals surface area contributed by atoms with Crippen LogP contribution in [0.1, 0.15) is 10.4 Å². The highest BCUT2D eigenvalue weighted by Gasteiger charge is 2.15. The quantitative estimate of drug-likeness (QED) is 0.491. The van der Waals surface area contributed by atoms with E-state index >= 15 is 0 Å². The van der Waals surface area contributed by atoms with Gasteiger partial charge < -0.3 is 10.1 Å². The number of nitriles is 3. The number of nitrogens with zero attached hydrogens (tertiary/aromatic N) is 3. The first-order valence-electron chi connectivity index (χ1n) is 5.17. The van der Waals surface area contributed by atoms with Gasteiger partial charge in [0.2, 0.25) is 0 Å². The van der Waals surface area contributed by atoms with Crippen molar-refractivity contribution >= 4 is 34.2 Å². The summed E-state index contributed by atoms with van der Waals surface area (Å²) in [6.45, 7) is 0. The molecule has 0 atom stereocenters. The van der Waals surface area contributed by atoms with Crippen LogP contribution >= 0.6 is 22.6 Å². The minimum absolute atomic E-state index is 0.171. The molecule has 0 heterocycles. The number of rotatable bonds is 3. The lowest BCUT2D eigenvalue weighted by molar-refractivity contribution is 0.0599. The first-order chi connectivity index (χ1) is 9.58. The highest BCUT2D eigenvalue weighted by molar-refractivity contribution is 14.1. The zero-order valence-corrected chi connectivity index (χ0v) is 12.4. The average Bonchev–Trinajstić information content (AvgIpc) is 2.48. The Morgan fingerprint density at radius 3 is 2.40 bits per heavy atom. The highest BCUT2D eigenvalue weighted by atomic mass is 127. The fraction of sp³-hybridized carbons (Fsp3) is 0.0769. The van der Waals surface area contributed by atoms with E-state index in [2.05, 4.69) is 10.1 Å². The summed E-state index contributed by atoms with van der Waals surface area (Å²) >= 11 is 1.92. The zero-order chi connectivity index (χ0) is 15.1. The number of methoxy groups -OCH3 is 1. The average molecular weight is 378 g/mol. The van der Waals surface area contributed by atoms with Crippen LogP contribution < -0.4 is 5.32 Å². The second kappa shape index (κ2) is 7.13. The number of allylic oxidation sites excluding steroid dienone is 2. The van der Waals surface area contributed by atoms with E-state index in [9.17, 15) is 4.79 Å². The minimum atomic E-state index is -0.513. The van der Waals surface area contributed by atoms with Crippen LogP contribution in [0.15, 0.2) is 29.5 Å². The van der Waals surface area contributed by atoms with Crippen molar-refractivity contribution < 1.29 is 9.53 Å². The molecule has 0 aliphatic carbocycles. The van der Waals surface area contributed by atoms with Crippen molar-refractivity contribution in [1.82, 2.24) is 0 Å². The number of hydrogen-bond acceptors (Lipinski definition) is 6. The molecule has 7 heteroatoms. The predicted octanol–water partition coefficient (Wildman–Crippen LogP) is 2.31. The Hall–Kier alpha value is -2.57. The van der Waals surface area contributed by atoms with Gasteiger partial charge in [-0.05, 0) is 34.7 Å². The molecule has 1 N–H and O–H groups in total. The van der Waals surface area contributed by atoms with Crippen molar-refractivity contribution in [2.24, 2.45) is 0 Å². The largest absolute Gasteiger partial charge is 0.465 e. The van der Waals surface area contributed by atoms with Crippen LogP contribution in [0, 0.1) is 37.6 Å². The molecule has 98 valence electrons. The summed E-state index contributed by atoms with van der Waals surface area (Å²) in [7, 11) is 1.27. The third kappa shape index (κ3) is 3.25. The molecular weight excluding hydrogens is 371 g/mol. The molecule has 1 aromatic carbocycles. The lowest BCUT2D eigenvalue weighted by Gasteiger charge is -2.10. The first kappa shape index (κ1) is 15.5. The van der Waals surface area contributed by atoms with E-state index in [1.165, 1.54) is 7.11 Å². The number of anilines is 1. The molecule has 0 unspecified atom stereocenters. The molecule has 20 heavy (non-hydrogen) atoms. The minimum Gasteiger partial charge on any atom is -0.465 e. The van der Waals surface area contributed by atoms with Crippen LogP contribution in [0.3, 0.4) is 0 Å². The smallest absolute Gasteiger partial charge is 0.339 e. The Morgan fingerprint density at radius 1 is 1.25 bits per heavy atom. The number of halogens is 1. The molecule has 0 aliphatic heterocycles. The van der Waals surface area contributed by atoms with Crippen LogP contribution in [0.2, 0.25) is 0 Å². The van der Waals surface area contributed by atoms with Gasteiger partial charge >= 0.3 is 5.97 Å². The van der Waals surface area contributed by atoms with Gasteiger partial charge in [-0.2, -0.15) is 15.8 Å². The van der Waals surface area contributed by atoms with Crippen LogP contribution in [-0.2, 0) is 4.74 Å². The van der Waals surface area contributed by atoms with Crippen molar-refractivity contribution in [2.45, 2.75) is 0 Å². The molecule has 0 bridgehead atoms. The molecule has 6 nitrogen and oxygen atoms in total. The Balaban J connectivity index is 3.29. The SMILES string of the molecule is COC(=O)c1cccc(NC(C#N)=C(C#N)C#N)c1I. The van der Waals surface area contributed by atoms with Gasteiger partial charge in [-0.15, -0.1) is 0 Å². The monoisotopic (exact) mass is 378 g/mol. The molecule has 0 saturated heterocycles. The molecule has 1 aromatic rings. The number of nitrogens with one attached hydrogen (secondary N) is 1. The second-order valence-electron chi connectivity index (χ2n) is 3.37. The standard InChI is InChI=1S/C13H7IN4O2/c1-20-13(19)9-3-2-4-10(12(9)14)18-11(7-17)8(5-15)6-16/h2-4,18H,1H3. The zero-order valence-electron chi connectivity index (χ0n) is 10.3. The predicted molar refractivity (Wildman–Crippen MR) is 78.0 cm³/mol. The van der Waals surface area contributed by atoms with Gasteiger partial charge in [-0.25, -0.2) is 4.79 Å². The maximum Gasteiger partial charge on any atom is 0.339 e. The third-order valence-electron chi connectivity index (χ3n) is 2.25. The summed E-state index contributed by atoms with van der Waals surface area (Å²) in [6, 6.07) is 9.81. The van der Waals surface area contributed by atoms with Crippen molar-refractivity contribution in [3.8, 4) is 18.2 Å². The van der Waals surface area contributed by atoms with E-state index in [1.54, 1.807) is 36.4 Å². The number of benzene rings is 1. The summed E-state index contributed by atoms with van der Waals surface area (Å²) in [5, 5.41) is 29.2. The Kier molecular flexibility index (Phi) is 5.52. The van der Waals surface area contributed by atoms with Crippen molar-refractivity contribution in [3.63, 3.8) is 0 Å². The van der Waals surface area contributed by atoms with Gasteiger partial charge in [0, 0.05) is 0 Å². The van der Waals surface area contributed by atoms with Crippen LogP contribution in [0.5, 0.6) is 0 Å². The summed E-state index contributed by atoms with van der Waals surface area (Å²) in [5.41, 5.74) is 0.264. The lowest BCUT2D eigenvalue weighted by Crippen LogP contribution is -2.08. The lowest BCUT2D eigenvalue weighted by atomic mass is 10.2. The summed E-state index contributed by atoms with van der Waals surface area (Å²) in [6.07, 6.45) is 0. The first-order valence-corrected chi connectivity index (χ1v) is 6.25. The Morgan fingerprint density at radius 2 is 1.90 bits per heavy atom. The van der Waals surface area contributed by atoms with Crippen molar-refractivity contribution in [3.05, 3.63) is 38.6 Å². The molecule has 0 radical (unpaired) electrons. The topological polar surface area (TPSA) is 110 Å². The fourth-order valence-corrected chi connectivity index (χ4v) is 2.03. The van der Waals surface area contributed by atoms with E-state index in [-0.39, 0.29) is 11.3 Å². The molecule has 1 rings (SSSR count). The number of carbonyl (C=O) groups is 1. The number of ether oxygens (including phenoxy) is 1. The molecule has 0 fully saturated rings. The van der Waals surface area contributed by atoms with Gasteiger partial charge in [0.25, 0.3) is 0 Å². The van der Waals surface area contributed by atoms with Crippen molar-refractivity contribution in [2.75, 3.05) is 12.4 Å². The molecule has 0 saturated carbocycles. The van der Waals surface area contributed by atoms with Crippen LogP contribution in [0.4, 0.5) is 5.69 Å². The van der Waals surface area contributed by atoms with Crippen LogP contribution in [0.25, 0.3) is 0 Å². The molecule has 0 amide bonds. The van der Waals surface area contributed by atoms with E-state index < -0.39 is 5.97 Å². The summed E-state index contributed by atoms with van der Waals surface area (Å²) in [4.78, 5) is 11.6. The van der Waals surface area contributed by atoms with Crippen LogP contribution in [-0.4, -0.2) is 13.1 Å². The number of carbonyl (C=O) groups excluding carboxylic acids is 1. The molecule has 0 spiro atoms. The van der Waals surface area contributed by atoms with Crippen molar-refractivity contribution in [1.29, 1.82) is 15.8 Å². The van der Waals surface area contributed by atoms with Gasteiger partial charge in [-0.3, -0.25) is 0 Å². The van der Waals surface area contributed by atoms with E-state index in [0.717, 1.165) is 0 Å². The van der Waals surface area contributed by atoms with Gasteiger partial charge in [0.1, 0.15) is 23.9 Å². The van der Waals surface area contributed by atoms with E-state index in [4.69, 9.17) is 15.8 Å².